The molecule has 2 rings (SSSR count). The first kappa shape index (κ1) is 6.94. The molecule has 1 fully saturated rings. The van der Waals surface area contributed by atoms with Gasteiger partial charge in [0.1, 0.15) is 11.8 Å². The van der Waals surface area contributed by atoms with E-state index in [0.717, 1.165) is 0 Å². The predicted octanol–water partition coefficient (Wildman–Crippen LogP) is -0.188. The van der Waals surface area contributed by atoms with Crippen molar-refractivity contribution in [3.05, 3.63) is 11.2 Å². The SMILES string of the molecule is CN1C(Cl)=CC(=O)NC12CO2. The zero-order valence-electron chi connectivity index (χ0n) is 5.93. The molecule has 2 aliphatic heterocycles. The lowest BCUT2D eigenvalue weighted by Gasteiger charge is -2.29. The number of ether oxygens (including phenoxy) is 1. The van der Waals surface area contributed by atoms with E-state index in [4.69, 9.17) is 16.3 Å². The van der Waals surface area contributed by atoms with Gasteiger partial charge < -0.3 is 15.0 Å². The van der Waals surface area contributed by atoms with Crippen LogP contribution in [-0.4, -0.2) is 30.3 Å². The quantitative estimate of drug-likeness (QED) is 0.409. The van der Waals surface area contributed by atoms with E-state index < -0.39 is 5.85 Å². The van der Waals surface area contributed by atoms with Crippen LogP contribution in [0.1, 0.15) is 0 Å². The number of likely N-dealkylation sites (N-methyl/N-ethyl adjacent to an activating group) is 1. The minimum atomic E-state index is -0.636. The molecule has 0 aromatic heterocycles. The van der Waals surface area contributed by atoms with Gasteiger partial charge in [0.2, 0.25) is 5.85 Å². The Morgan fingerprint density at radius 3 is 3.09 bits per heavy atom. The van der Waals surface area contributed by atoms with Gasteiger partial charge in [0.15, 0.2) is 0 Å². The molecule has 2 aliphatic rings. The number of hydrogen-bond donors (Lipinski definition) is 1. The van der Waals surface area contributed by atoms with Crippen LogP contribution in [-0.2, 0) is 9.53 Å². The molecule has 4 nitrogen and oxygen atoms in total. The normalized spacial score (nSPS) is 35.3. The van der Waals surface area contributed by atoms with Crippen molar-refractivity contribution >= 4 is 17.5 Å². The Balaban J connectivity index is 2.31. The largest absolute Gasteiger partial charge is 0.329 e. The van der Waals surface area contributed by atoms with Crippen LogP contribution >= 0.6 is 11.6 Å². The van der Waals surface area contributed by atoms with Crippen molar-refractivity contribution in [2.45, 2.75) is 5.85 Å². The standard InChI is InChI=1S/C6H7ClN2O2/c1-9-4(7)2-5(10)8-6(9)3-11-6/h2H,3H2,1H3,(H,8,10). The van der Waals surface area contributed by atoms with E-state index in [1.165, 1.54) is 6.08 Å². The molecule has 5 heteroatoms. The van der Waals surface area contributed by atoms with Crippen molar-refractivity contribution in [2.75, 3.05) is 13.7 Å². The van der Waals surface area contributed by atoms with Gasteiger partial charge in [-0.15, -0.1) is 0 Å². The van der Waals surface area contributed by atoms with E-state index >= 15 is 0 Å². The van der Waals surface area contributed by atoms with Crippen LogP contribution in [0, 0.1) is 0 Å². The van der Waals surface area contributed by atoms with Crippen LogP contribution in [0.3, 0.4) is 0 Å². The predicted molar refractivity (Wildman–Crippen MR) is 38.5 cm³/mol. The maximum absolute atomic E-state index is 10.9. The van der Waals surface area contributed by atoms with Crippen LogP contribution < -0.4 is 5.32 Å². The molecule has 1 saturated heterocycles. The molecule has 1 amide bonds. The molecule has 0 saturated carbocycles. The van der Waals surface area contributed by atoms with Crippen molar-refractivity contribution in [2.24, 2.45) is 0 Å². The molecular formula is C6H7ClN2O2. The van der Waals surface area contributed by atoms with Crippen LogP contribution in [0.4, 0.5) is 0 Å². The van der Waals surface area contributed by atoms with Gasteiger partial charge in [0, 0.05) is 13.1 Å². The Labute approximate surface area is 68.8 Å². The summed E-state index contributed by atoms with van der Waals surface area (Å²) in [6.07, 6.45) is 1.33. The number of hydrogen-bond acceptors (Lipinski definition) is 3. The Kier molecular flexibility index (Phi) is 1.20. The van der Waals surface area contributed by atoms with Gasteiger partial charge in [-0.2, -0.15) is 0 Å². The van der Waals surface area contributed by atoms with Crippen LogP contribution in [0.15, 0.2) is 11.2 Å². The fraction of sp³-hybridized carbons (Fsp3) is 0.500. The number of carbonyl (C=O) groups is 1. The second-order valence-electron chi connectivity index (χ2n) is 2.59. The van der Waals surface area contributed by atoms with E-state index in [1.807, 2.05) is 0 Å². The summed E-state index contributed by atoms with van der Waals surface area (Å²) >= 11 is 5.73. The van der Waals surface area contributed by atoms with Crippen molar-refractivity contribution < 1.29 is 9.53 Å². The fourth-order valence-electron chi connectivity index (χ4n) is 1.02. The monoisotopic (exact) mass is 174 g/mol. The zero-order valence-corrected chi connectivity index (χ0v) is 6.68. The fourth-order valence-corrected chi connectivity index (χ4v) is 1.26. The van der Waals surface area contributed by atoms with Gasteiger partial charge in [0.05, 0.1) is 0 Å². The molecule has 60 valence electrons. The van der Waals surface area contributed by atoms with E-state index in [9.17, 15) is 4.79 Å². The summed E-state index contributed by atoms with van der Waals surface area (Å²) in [6, 6.07) is 0. The lowest BCUT2D eigenvalue weighted by atomic mass is 10.3. The second kappa shape index (κ2) is 1.89. The van der Waals surface area contributed by atoms with Crippen molar-refractivity contribution in [3.63, 3.8) is 0 Å². The van der Waals surface area contributed by atoms with Gasteiger partial charge >= 0.3 is 0 Å². The van der Waals surface area contributed by atoms with E-state index in [2.05, 4.69) is 5.32 Å². The summed E-state index contributed by atoms with van der Waals surface area (Å²) in [7, 11) is 1.77. The van der Waals surface area contributed by atoms with Crippen LogP contribution in [0.2, 0.25) is 0 Å². The Morgan fingerprint density at radius 1 is 1.91 bits per heavy atom. The van der Waals surface area contributed by atoms with Gasteiger partial charge in [-0.3, -0.25) is 4.79 Å². The third kappa shape index (κ3) is 0.902. The maximum Gasteiger partial charge on any atom is 0.250 e. The van der Waals surface area contributed by atoms with Gasteiger partial charge in [-0.25, -0.2) is 0 Å². The average Bonchev–Trinajstić information content (AvgIpc) is 2.65. The lowest BCUT2D eigenvalue weighted by Crippen LogP contribution is -2.51. The molecule has 1 atom stereocenters. The highest BCUT2D eigenvalue weighted by molar-refractivity contribution is 6.31. The Hall–Kier alpha value is -0.740. The summed E-state index contributed by atoms with van der Waals surface area (Å²) in [5.41, 5.74) is 0. The first-order valence-corrected chi connectivity index (χ1v) is 3.59. The number of nitrogens with one attached hydrogen (secondary N) is 1. The van der Waals surface area contributed by atoms with Crippen molar-refractivity contribution in [1.82, 2.24) is 10.2 Å². The molecule has 1 spiro atoms. The average molecular weight is 175 g/mol. The molecule has 2 heterocycles. The first-order chi connectivity index (χ1) is 5.14. The van der Waals surface area contributed by atoms with Gasteiger partial charge in [0.25, 0.3) is 5.91 Å². The highest BCUT2D eigenvalue weighted by Gasteiger charge is 2.53. The molecule has 1 unspecified atom stereocenters. The summed E-state index contributed by atoms with van der Waals surface area (Å²) < 4.78 is 5.06. The molecule has 1 N–H and O–H groups in total. The third-order valence-electron chi connectivity index (χ3n) is 1.85. The summed E-state index contributed by atoms with van der Waals surface area (Å²) in [5.74, 6) is -0.839. The minimum Gasteiger partial charge on any atom is -0.329 e. The highest BCUT2D eigenvalue weighted by Crippen LogP contribution is 2.33. The van der Waals surface area contributed by atoms with Gasteiger partial charge in [-0.05, 0) is 0 Å². The van der Waals surface area contributed by atoms with Crippen molar-refractivity contribution in [1.29, 1.82) is 0 Å². The molecule has 0 aliphatic carbocycles. The molecule has 0 aromatic rings. The highest BCUT2D eigenvalue weighted by atomic mass is 35.5. The Bertz CT molecular complexity index is 247. The smallest absolute Gasteiger partial charge is 0.250 e. The maximum atomic E-state index is 10.9. The minimum absolute atomic E-state index is 0.203. The number of carbonyl (C=O) groups excluding carboxylic acids is 1. The number of rotatable bonds is 0. The summed E-state index contributed by atoms with van der Waals surface area (Å²) in [6.45, 7) is 0.499. The zero-order chi connectivity index (χ0) is 8.06. The second-order valence-corrected chi connectivity index (χ2v) is 2.98. The summed E-state index contributed by atoms with van der Waals surface area (Å²) in [5, 5.41) is 3.06. The molecular weight excluding hydrogens is 168 g/mol. The van der Waals surface area contributed by atoms with Crippen molar-refractivity contribution in [3.8, 4) is 0 Å². The van der Waals surface area contributed by atoms with Gasteiger partial charge in [-0.1, -0.05) is 11.6 Å². The lowest BCUT2D eigenvalue weighted by molar-refractivity contribution is -0.121. The van der Waals surface area contributed by atoms with E-state index in [-0.39, 0.29) is 5.91 Å². The number of amides is 1. The number of epoxide rings is 1. The summed E-state index contributed by atoms with van der Waals surface area (Å²) in [4.78, 5) is 12.6. The van der Waals surface area contributed by atoms with E-state index in [0.29, 0.717) is 11.8 Å². The molecule has 11 heavy (non-hydrogen) atoms. The topological polar surface area (TPSA) is 44.9 Å². The van der Waals surface area contributed by atoms with Crippen LogP contribution in [0.5, 0.6) is 0 Å². The van der Waals surface area contributed by atoms with Crippen LogP contribution in [0.25, 0.3) is 0 Å². The molecule has 0 radical (unpaired) electrons. The Morgan fingerprint density at radius 2 is 2.55 bits per heavy atom. The third-order valence-corrected chi connectivity index (χ3v) is 2.21. The number of halogens is 1. The number of nitrogens with zero attached hydrogens (tertiary/aromatic N) is 1. The first-order valence-electron chi connectivity index (χ1n) is 3.21. The molecule has 0 aromatic carbocycles. The van der Waals surface area contributed by atoms with E-state index in [1.54, 1.807) is 11.9 Å². The molecule has 0 bridgehead atoms.